The number of nitrogens with one attached hydrogen (secondary N) is 1. The molecule has 17 heavy (non-hydrogen) atoms. The standard InChI is InChI=1S/C16H17N/c1-11-4-3-5-13(8-11)16-15-7-6-12(2)9-14(15)10-17-16/h3-9,16-17H,10H2,1-2H3. The molecule has 2 aromatic rings. The Morgan fingerprint density at radius 1 is 1.00 bits per heavy atom. The van der Waals surface area contributed by atoms with E-state index in [2.05, 4.69) is 61.6 Å². The van der Waals surface area contributed by atoms with E-state index in [1.165, 1.54) is 27.8 Å². The van der Waals surface area contributed by atoms with Gasteiger partial charge in [0.1, 0.15) is 0 Å². The van der Waals surface area contributed by atoms with Crippen molar-refractivity contribution in [3.63, 3.8) is 0 Å². The van der Waals surface area contributed by atoms with Gasteiger partial charge in [0.25, 0.3) is 0 Å². The topological polar surface area (TPSA) is 12.0 Å². The van der Waals surface area contributed by atoms with Crippen LogP contribution in [0.5, 0.6) is 0 Å². The molecule has 2 aromatic carbocycles. The molecule has 0 bridgehead atoms. The molecule has 1 heteroatoms. The minimum Gasteiger partial charge on any atom is -0.302 e. The first-order valence-corrected chi connectivity index (χ1v) is 6.13. The monoisotopic (exact) mass is 223 g/mol. The maximum atomic E-state index is 3.59. The Bertz CT molecular complexity index is 557. The summed E-state index contributed by atoms with van der Waals surface area (Å²) in [7, 11) is 0. The fraction of sp³-hybridized carbons (Fsp3) is 0.250. The van der Waals surface area contributed by atoms with Crippen LogP contribution in [0.3, 0.4) is 0 Å². The van der Waals surface area contributed by atoms with E-state index in [-0.39, 0.29) is 0 Å². The molecule has 0 aliphatic carbocycles. The largest absolute Gasteiger partial charge is 0.302 e. The molecule has 1 heterocycles. The molecule has 0 amide bonds. The molecule has 0 spiro atoms. The average Bonchev–Trinajstić information content (AvgIpc) is 2.71. The summed E-state index contributed by atoms with van der Waals surface area (Å²) in [6.45, 7) is 5.28. The van der Waals surface area contributed by atoms with Crippen molar-refractivity contribution in [1.29, 1.82) is 0 Å². The van der Waals surface area contributed by atoms with Crippen molar-refractivity contribution in [1.82, 2.24) is 5.32 Å². The molecule has 0 fully saturated rings. The molecule has 0 radical (unpaired) electrons. The van der Waals surface area contributed by atoms with Gasteiger partial charge in [-0.05, 0) is 30.5 Å². The first-order chi connectivity index (χ1) is 8.24. The van der Waals surface area contributed by atoms with Crippen LogP contribution in [-0.2, 0) is 6.54 Å². The van der Waals surface area contributed by atoms with Gasteiger partial charge in [0, 0.05) is 6.54 Å². The van der Waals surface area contributed by atoms with Gasteiger partial charge in [0.2, 0.25) is 0 Å². The van der Waals surface area contributed by atoms with Crippen LogP contribution in [0.1, 0.15) is 33.9 Å². The Morgan fingerprint density at radius 3 is 2.65 bits per heavy atom. The van der Waals surface area contributed by atoms with E-state index in [1.807, 2.05) is 0 Å². The van der Waals surface area contributed by atoms with Gasteiger partial charge < -0.3 is 5.32 Å². The molecular weight excluding hydrogens is 206 g/mol. The fourth-order valence-corrected chi connectivity index (χ4v) is 2.64. The quantitative estimate of drug-likeness (QED) is 0.780. The molecule has 1 aliphatic rings. The summed E-state index contributed by atoms with van der Waals surface area (Å²) in [6.07, 6.45) is 0. The minimum atomic E-state index is 0.366. The lowest BCUT2D eigenvalue weighted by Crippen LogP contribution is -2.13. The zero-order valence-corrected chi connectivity index (χ0v) is 10.3. The first kappa shape index (κ1) is 10.5. The predicted octanol–water partition coefficient (Wildman–Crippen LogP) is 3.50. The Hall–Kier alpha value is -1.60. The highest BCUT2D eigenvalue weighted by Crippen LogP contribution is 2.31. The summed E-state index contributed by atoms with van der Waals surface area (Å²) in [5, 5.41) is 3.59. The van der Waals surface area contributed by atoms with E-state index < -0.39 is 0 Å². The molecule has 1 nitrogen and oxygen atoms in total. The van der Waals surface area contributed by atoms with Crippen molar-refractivity contribution in [3.8, 4) is 0 Å². The summed E-state index contributed by atoms with van der Waals surface area (Å²) >= 11 is 0. The van der Waals surface area contributed by atoms with Crippen molar-refractivity contribution < 1.29 is 0 Å². The Kier molecular flexibility index (Phi) is 2.49. The maximum Gasteiger partial charge on any atom is 0.0582 e. The van der Waals surface area contributed by atoms with Crippen molar-refractivity contribution in [2.24, 2.45) is 0 Å². The van der Waals surface area contributed by atoms with Crippen molar-refractivity contribution >= 4 is 0 Å². The van der Waals surface area contributed by atoms with Gasteiger partial charge in [-0.15, -0.1) is 0 Å². The molecule has 3 rings (SSSR count). The van der Waals surface area contributed by atoms with Crippen LogP contribution < -0.4 is 5.32 Å². The maximum absolute atomic E-state index is 3.59. The normalized spacial score (nSPS) is 18.1. The van der Waals surface area contributed by atoms with Crippen LogP contribution in [0.25, 0.3) is 0 Å². The van der Waals surface area contributed by atoms with Gasteiger partial charge in [0.15, 0.2) is 0 Å². The Morgan fingerprint density at radius 2 is 1.82 bits per heavy atom. The lowest BCUT2D eigenvalue weighted by Gasteiger charge is -2.13. The Labute approximate surface area is 102 Å². The molecule has 1 unspecified atom stereocenters. The molecule has 1 atom stereocenters. The summed E-state index contributed by atoms with van der Waals surface area (Å²) in [5.41, 5.74) is 6.91. The molecule has 0 aromatic heterocycles. The predicted molar refractivity (Wildman–Crippen MR) is 71.0 cm³/mol. The van der Waals surface area contributed by atoms with E-state index >= 15 is 0 Å². The minimum absolute atomic E-state index is 0.366. The molecule has 1 aliphatic heterocycles. The number of benzene rings is 2. The van der Waals surface area contributed by atoms with Gasteiger partial charge in [-0.3, -0.25) is 0 Å². The van der Waals surface area contributed by atoms with Crippen LogP contribution in [0, 0.1) is 13.8 Å². The van der Waals surface area contributed by atoms with E-state index in [0.29, 0.717) is 6.04 Å². The smallest absolute Gasteiger partial charge is 0.0582 e. The highest BCUT2D eigenvalue weighted by atomic mass is 14.9. The van der Waals surface area contributed by atoms with Crippen LogP contribution in [0.4, 0.5) is 0 Å². The molecule has 0 saturated heterocycles. The van der Waals surface area contributed by atoms with Gasteiger partial charge >= 0.3 is 0 Å². The first-order valence-electron chi connectivity index (χ1n) is 6.13. The SMILES string of the molecule is Cc1cccc(C2NCc3cc(C)ccc32)c1. The van der Waals surface area contributed by atoms with Crippen molar-refractivity contribution in [2.75, 3.05) is 0 Å². The van der Waals surface area contributed by atoms with Gasteiger partial charge in [-0.1, -0.05) is 53.6 Å². The Balaban J connectivity index is 2.04. The molecule has 1 N–H and O–H groups in total. The highest BCUT2D eigenvalue weighted by Gasteiger charge is 2.22. The lowest BCUT2D eigenvalue weighted by atomic mass is 9.96. The zero-order valence-electron chi connectivity index (χ0n) is 10.3. The van der Waals surface area contributed by atoms with E-state index in [9.17, 15) is 0 Å². The second-order valence-electron chi connectivity index (χ2n) is 4.93. The van der Waals surface area contributed by atoms with Crippen LogP contribution >= 0.6 is 0 Å². The van der Waals surface area contributed by atoms with Gasteiger partial charge in [-0.25, -0.2) is 0 Å². The lowest BCUT2D eigenvalue weighted by molar-refractivity contribution is 0.667. The second-order valence-corrected chi connectivity index (χ2v) is 4.93. The number of hydrogen-bond donors (Lipinski definition) is 1. The van der Waals surface area contributed by atoms with Crippen molar-refractivity contribution in [3.05, 3.63) is 70.3 Å². The summed E-state index contributed by atoms with van der Waals surface area (Å²) in [4.78, 5) is 0. The third kappa shape index (κ3) is 1.87. The summed E-state index contributed by atoms with van der Waals surface area (Å²) in [5.74, 6) is 0. The number of rotatable bonds is 1. The zero-order chi connectivity index (χ0) is 11.8. The molecule has 86 valence electrons. The van der Waals surface area contributed by atoms with E-state index in [4.69, 9.17) is 0 Å². The van der Waals surface area contributed by atoms with Gasteiger partial charge in [-0.2, -0.15) is 0 Å². The number of hydrogen-bond acceptors (Lipinski definition) is 1. The van der Waals surface area contributed by atoms with Crippen LogP contribution in [0.2, 0.25) is 0 Å². The van der Waals surface area contributed by atoms with E-state index in [0.717, 1.165) is 6.54 Å². The summed E-state index contributed by atoms with van der Waals surface area (Å²) < 4.78 is 0. The highest BCUT2D eigenvalue weighted by molar-refractivity contribution is 5.43. The van der Waals surface area contributed by atoms with Crippen LogP contribution in [0.15, 0.2) is 42.5 Å². The van der Waals surface area contributed by atoms with E-state index in [1.54, 1.807) is 0 Å². The second kappa shape index (κ2) is 4.01. The molecular formula is C16H17N. The molecule has 0 saturated carbocycles. The number of fused-ring (bicyclic) bond motifs is 1. The van der Waals surface area contributed by atoms with Crippen LogP contribution in [-0.4, -0.2) is 0 Å². The average molecular weight is 223 g/mol. The fourth-order valence-electron chi connectivity index (χ4n) is 2.64. The van der Waals surface area contributed by atoms with Gasteiger partial charge in [0.05, 0.1) is 6.04 Å². The summed E-state index contributed by atoms with van der Waals surface area (Å²) in [6, 6.07) is 15.9. The third-order valence-electron chi connectivity index (χ3n) is 3.48. The third-order valence-corrected chi connectivity index (χ3v) is 3.48. The number of aryl methyl sites for hydroxylation is 2. The van der Waals surface area contributed by atoms with Crippen molar-refractivity contribution in [2.45, 2.75) is 26.4 Å².